The standard InChI is InChI=1S/C17H14N4O2/c1-17(13-7-5-12(10-18)6-8-13)15(22)21(16(23)20-17)11-14-4-2-3-9-19-14/h2-9H,11H2,1H3,(H,20,23)/t17-/m0/s1. The molecule has 1 fully saturated rings. The molecule has 1 aromatic carbocycles. The predicted molar refractivity (Wildman–Crippen MR) is 81.8 cm³/mol. The van der Waals surface area contributed by atoms with Gasteiger partial charge in [-0.3, -0.25) is 14.7 Å². The van der Waals surface area contributed by atoms with Crippen LogP contribution in [0, 0.1) is 11.3 Å². The highest BCUT2D eigenvalue weighted by Gasteiger charge is 2.48. The SMILES string of the molecule is C[C@@]1(c2ccc(C#N)cc2)NC(=O)N(Cc2ccccn2)C1=O. The molecule has 6 heteroatoms. The molecule has 6 nitrogen and oxygen atoms in total. The van der Waals surface area contributed by atoms with Gasteiger partial charge in [-0.25, -0.2) is 4.79 Å². The van der Waals surface area contributed by atoms with Gasteiger partial charge in [0.25, 0.3) is 5.91 Å². The van der Waals surface area contributed by atoms with Gasteiger partial charge in [0, 0.05) is 6.20 Å². The molecule has 3 amide bonds. The van der Waals surface area contributed by atoms with Crippen LogP contribution in [-0.2, 0) is 16.9 Å². The molecule has 114 valence electrons. The third-order valence-corrected chi connectivity index (χ3v) is 3.91. The van der Waals surface area contributed by atoms with Crippen molar-refractivity contribution in [2.75, 3.05) is 0 Å². The van der Waals surface area contributed by atoms with Crippen LogP contribution >= 0.6 is 0 Å². The maximum Gasteiger partial charge on any atom is 0.325 e. The van der Waals surface area contributed by atoms with E-state index in [4.69, 9.17) is 5.26 Å². The van der Waals surface area contributed by atoms with Crippen molar-refractivity contribution < 1.29 is 9.59 Å². The number of nitriles is 1. The molecular formula is C17H14N4O2. The smallest absolute Gasteiger partial charge is 0.319 e. The van der Waals surface area contributed by atoms with Crippen LogP contribution in [0.25, 0.3) is 0 Å². The molecule has 1 aromatic heterocycles. The van der Waals surface area contributed by atoms with E-state index >= 15 is 0 Å². The Morgan fingerprint density at radius 1 is 1.22 bits per heavy atom. The van der Waals surface area contributed by atoms with Crippen molar-refractivity contribution in [1.82, 2.24) is 15.2 Å². The van der Waals surface area contributed by atoms with Crippen molar-refractivity contribution >= 4 is 11.9 Å². The van der Waals surface area contributed by atoms with Gasteiger partial charge in [-0.2, -0.15) is 5.26 Å². The van der Waals surface area contributed by atoms with Crippen LogP contribution in [0.1, 0.15) is 23.7 Å². The highest BCUT2D eigenvalue weighted by molar-refractivity contribution is 6.07. The third kappa shape index (κ3) is 2.53. The van der Waals surface area contributed by atoms with Crippen LogP contribution in [0.2, 0.25) is 0 Å². The van der Waals surface area contributed by atoms with Crippen LogP contribution in [-0.4, -0.2) is 21.8 Å². The van der Waals surface area contributed by atoms with Crippen LogP contribution in [0.3, 0.4) is 0 Å². The van der Waals surface area contributed by atoms with Gasteiger partial charge in [0.2, 0.25) is 0 Å². The molecule has 0 saturated carbocycles. The Balaban J connectivity index is 1.88. The average Bonchev–Trinajstić information content (AvgIpc) is 2.80. The first-order valence-electron chi connectivity index (χ1n) is 7.09. The van der Waals surface area contributed by atoms with Gasteiger partial charge in [0.1, 0.15) is 5.54 Å². The van der Waals surface area contributed by atoms with E-state index in [9.17, 15) is 9.59 Å². The fraction of sp³-hybridized carbons (Fsp3) is 0.176. The van der Waals surface area contributed by atoms with E-state index in [1.807, 2.05) is 6.07 Å². The number of imide groups is 1. The van der Waals surface area contributed by atoms with Gasteiger partial charge < -0.3 is 5.32 Å². The number of rotatable bonds is 3. The van der Waals surface area contributed by atoms with Gasteiger partial charge in [0.05, 0.1) is 23.9 Å². The number of hydrogen-bond acceptors (Lipinski definition) is 4. The Labute approximate surface area is 133 Å². The van der Waals surface area contributed by atoms with Crippen molar-refractivity contribution in [3.05, 3.63) is 65.5 Å². The molecule has 1 saturated heterocycles. The first kappa shape index (κ1) is 14.7. The zero-order valence-corrected chi connectivity index (χ0v) is 12.5. The fourth-order valence-electron chi connectivity index (χ4n) is 2.57. The molecule has 0 bridgehead atoms. The molecule has 1 aliphatic heterocycles. The Morgan fingerprint density at radius 2 is 1.96 bits per heavy atom. The summed E-state index contributed by atoms with van der Waals surface area (Å²) < 4.78 is 0. The molecule has 0 radical (unpaired) electrons. The largest absolute Gasteiger partial charge is 0.325 e. The number of aromatic nitrogens is 1. The first-order valence-corrected chi connectivity index (χ1v) is 7.09. The minimum atomic E-state index is -1.14. The molecule has 0 aliphatic carbocycles. The lowest BCUT2D eigenvalue weighted by Crippen LogP contribution is -2.40. The second-order valence-electron chi connectivity index (χ2n) is 5.46. The van der Waals surface area contributed by atoms with Crippen molar-refractivity contribution in [3.8, 4) is 6.07 Å². The quantitative estimate of drug-likeness (QED) is 0.878. The normalized spacial score (nSPS) is 20.3. The molecule has 3 rings (SSSR count). The number of urea groups is 1. The maximum absolute atomic E-state index is 12.7. The van der Waals surface area contributed by atoms with E-state index in [1.54, 1.807) is 55.6 Å². The number of pyridine rings is 1. The van der Waals surface area contributed by atoms with Gasteiger partial charge in [0.15, 0.2) is 0 Å². The minimum Gasteiger partial charge on any atom is -0.319 e. The summed E-state index contributed by atoms with van der Waals surface area (Å²) in [5, 5.41) is 11.6. The zero-order chi connectivity index (χ0) is 16.4. The number of nitrogens with one attached hydrogen (secondary N) is 1. The van der Waals surface area contributed by atoms with Gasteiger partial charge in [-0.1, -0.05) is 18.2 Å². The molecule has 2 heterocycles. The number of hydrogen-bond donors (Lipinski definition) is 1. The Hall–Kier alpha value is -3.20. The number of carbonyl (C=O) groups excluding carboxylic acids is 2. The van der Waals surface area contributed by atoms with Crippen molar-refractivity contribution in [1.29, 1.82) is 5.26 Å². The molecular weight excluding hydrogens is 292 g/mol. The lowest BCUT2D eigenvalue weighted by molar-refractivity contribution is -0.131. The second-order valence-corrected chi connectivity index (χ2v) is 5.46. The van der Waals surface area contributed by atoms with Gasteiger partial charge in [-0.15, -0.1) is 0 Å². The van der Waals surface area contributed by atoms with Crippen LogP contribution < -0.4 is 5.32 Å². The predicted octanol–water partition coefficient (Wildman–Crippen LogP) is 1.92. The number of benzene rings is 1. The Kier molecular flexibility index (Phi) is 3.54. The topological polar surface area (TPSA) is 86.1 Å². The number of carbonyl (C=O) groups is 2. The summed E-state index contributed by atoms with van der Waals surface area (Å²) in [4.78, 5) is 30.3. The van der Waals surface area contributed by atoms with Crippen molar-refractivity contribution in [2.45, 2.75) is 19.0 Å². The summed E-state index contributed by atoms with van der Waals surface area (Å²) in [6, 6.07) is 13.5. The number of amides is 3. The molecule has 23 heavy (non-hydrogen) atoms. The van der Waals surface area contributed by atoms with Crippen LogP contribution in [0.5, 0.6) is 0 Å². The summed E-state index contributed by atoms with van der Waals surface area (Å²) in [6.07, 6.45) is 1.62. The fourth-order valence-corrected chi connectivity index (χ4v) is 2.57. The van der Waals surface area contributed by atoms with E-state index in [2.05, 4.69) is 10.3 Å². The monoisotopic (exact) mass is 306 g/mol. The molecule has 1 aliphatic rings. The average molecular weight is 306 g/mol. The van der Waals surface area contributed by atoms with E-state index in [0.29, 0.717) is 16.8 Å². The van der Waals surface area contributed by atoms with E-state index in [1.165, 1.54) is 0 Å². The summed E-state index contributed by atoms with van der Waals surface area (Å²) in [5.74, 6) is -0.335. The Bertz CT molecular complexity index is 796. The third-order valence-electron chi connectivity index (χ3n) is 3.91. The molecule has 0 spiro atoms. The zero-order valence-electron chi connectivity index (χ0n) is 12.5. The van der Waals surface area contributed by atoms with E-state index in [0.717, 1.165) is 4.90 Å². The van der Waals surface area contributed by atoms with E-state index < -0.39 is 11.6 Å². The van der Waals surface area contributed by atoms with Crippen LogP contribution in [0.15, 0.2) is 48.7 Å². The summed E-state index contributed by atoms with van der Waals surface area (Å²) in [7, 11) is 0. The van der Waals surface area contributed by atoms with Crippen molar-refractivity contribution in [2.24, 2.45) is 0 Å². The minimum absolute atomic E-state index is 0.122. The van der Waals surface area contributed by atoms with E-state index in [-0.39, 0.29) is 12.5 Å². The first-order chi connectivity index (χ1) is 11.0. The van der Waals surface area contributed by atoms with Gasteiger partial charge in [-0.05, 0) is 36.8 Å². The molecule has 1 N–H and O–H groups in total. The summed E-state index contributed by atoms with van der Waals surface area (Å²) in [6.45, 7) is 1.78. The molecule has 1 atom stereocenters. The van der Waals surface area contributed by atoms with Crippen LogP contribution in [0.4, 0.5) is 4.79 Å². The highest BCUT2D eigenvalue weighted by Crippen LogP contribution is 2.29. The summed E-state index contributed by atoms with van der Waals surface area (Å²) in [5.41, 5.74) is 0.637. The maximum atomic E-state index is 12.7. The Morgan fingerprint density at radius 3 is 2.57 bits per heavy atom. The molecule has 2 aromatic rings. The van der Waals surface area contributed by atoms with Gasteiger partial charge >= 0.3 is 6.03 Å². The van der Waals surface area contributed by atoms with Crippen molar-refractivity contribution in [3.63, 3.8) is 0 Å². The second kappa shape index (κ2) is 5.54. The highest BCUT2D eigenvalue weighted by atomic mass is 16.2. The lowest BCUT2D eigenvalue weighted by Gasteiger charge is -2.22. The summed E-state index contributed by atoms with van der Waals surface area (Å²) >= 11 is 0. The molecule has 0 unspecified atom stereocenters. The lowest BCUT2D eigenvalue weighted by atomic mass is 9.91. The number of nitrogens with zero attached hydrogens (tertiary/aromatic N) is 3.